The van der Waals surface area contributed by atoms with E-state index in [0.29, 0.717) is 6.54 Å². The van der Waals surface area contributed by atoms with E-state index in [2.05, 4.69) is 12.2 Å². The Morgan fingerprint density at radius 3 is 3.05 bits per heavy atom. The molecule has 2 aliphatic rings. The zero-order valence-electron chi connectivity index (χ0n) is 12.2. The lowest BCUT2D eigenvalue weighted by Crippen LogP contribution is -2.44. The third kappa shape index (κ3) is 2.65. The number of nitrogens with zero attached hydrogens (tertiary/aromatic N) is 1. The van der Waals surface area contributed by atoms with Gasteiger partial charge in [-0.05, 0) is 24.5 Å². The van der Waals surface area contributed by atoms with Crippen LogP contribution in [0.15, 0.2) is 24.3 Å². The number of hydrogen-bond donors (Lipinski definition) is 1. The average Bonchev–Trinajstić information content (AvgIpc) is 3.05. The fourth-order valence-electron chi connectivity index (χ4n) is 3.14. The van der Waals surface area contributed by atoms with E-state index in [1.807, 2.05) is 24.3 Å². The van der Waals surface area contributed by atoms with Crippen molar-refractivity contribution in [3.63, 3.8) is 0 Å². The molecule has 2 atom stereocenters. The van der Waals surface area contributed by atoms with Crippen molar-refractivity contribution in [2.24, 2.45) is 0 Å². The molecule has 0 aliphatic carbocycles. The number of amides is 2. The number of likely N-dealkylation sites (tertiary alicyclic amines) is 1. The molecule has 1 aromatic carbocycles. The van der Waals surface area contributed by atoms with E-state index in [0.717, 1.165) is 30.5 Å². The number of nitrogens with one attached hydrogen (secondary N) is 1. The number of ketones is 1. The van der Waals surface area contributed by atoms with Gasteiger partial charge in [0.05, 0.1) is 6.10 Å². The third-order valence-corrected chi connectivity index (χ3v) is 4.15. The summed E-state index contributed by atoms with van der Waals surface area (Å²) in [4.78, 5) is 25.9. The minimum atomic E-state index is -0.400. The van der Waals surface area contributed by atoms with E-state index in [1.165, 1.54) is 0 Å². The topological polar surface area (TPSA) is 58.6 Å². The number of benzene rings is 1. The monoisotopic (exact) mass is 288 g/mol. The molecule has 0 saturated carbocycles. The predicted octanol–water partition coefficient (Wildman–Crippen LogP) is 2.21. The van der Waals surface area contributed by atoms with Crippen molar-refractivity contribution in [1.82, 2.24) is 4.90 Å². The van der Waals surface area contributed by atoms with E-state index in [9.17, 15) is 9.59 Å². The molecule has 1 N–H and O–H groups in total. The fraction of sp³-hybridized carbons (Fsp3) is 0.500. The summed E-state index contributed by atoms with van der Waals surface area (Å²) in [5.41, 5.74) is 1.96. The van der Waals surface area contributed by atoms with E-state index in [1.54, 1.807) is 4.90 Å². The van der Waals surface area contributed by atoms with Crippen LogP contribution in [0.2, 0.25) is 0 Å². The summed E-state index contributed by atoms with van der Waals surface area (Å²) in [5.74, 6) is 0.00879. The van der Waals surface area contributed by atoms with Crippen molar-refractivity contribution in [1.29, 1.82) is 0 Å². The van der Waals surface area contributed by atoms with Gasteiger partial charge in [-0.15, -0.1) is 0 Å². The Hall–Kier alpha value is -1.88. The molecule has 5 nitrogen and oxygen atoms in total. The lowest BCUT2D eigenvalue weighted by Gasteiger charge is -2.23. The zero-order valence-corrected chi connectivity index (χ0v) is 12.2. The summed E-state index contributed by atoms with van der Waals surface area (Å²) in [7, 11) is 0. The van der Waals surface area contributed by atoms with Gasteiger partial charge in [-0.3, -0.25) is 4.79 Å². The predicted molar refractivity (Wildman–Crippen MR) is 79.3 cm³/mol. The van der Waals surface area contributed by atoms with Crippen molar-refractivity contribution in [3.8, 4) is 0 Å². The number of ether oxygens (including phenoxy) is 1. The lowest BCUT2D eigenvalue weighted by atomic mass is 10.1. The van der Waals surface area contributed by atoms with Crippen LogP contribution in [-0.4, -0.2) is 42.0 Å². The number of para-hydroxylation sites is 1. The minimum absolute atomic E-state index is 0.00879. The maximum absolute atomic E-state index is 12.5. The molecular formula is C16H20N2O3. The van der Waals surface area contributed by atoms with Crippen LogP contribution in [0, 0.1) is 0 Å². The maximum Gasteiger partial charge on any atom is 0.322 e. The van der Waals surface area contributed by atoms with Gasteiger partial charge in [-0.2, -0.15) is 0 Å². The molecule has 2 fully saturated rings. The second-order valence-corrected chi connectivity index (χ2v) is 5.58. The molecule has 2 saturated heterocycles. The van der Waals surface area contributed by atoms with Gasteiger partial charge < -0.3 is 15.0 Å². The summed E-state index contributed by atoms with van der Waals surface area (Å²) in [6.07, 6.45) is 2.56. The maximum atomic E-state index is 12.5. The highest BCUT2D eigenvalue weighted by Crippen LogP contribution is 2.28. The summed E-state index contributed by atoms with van der Waals surface area (Å²) >= 11 is 0. The Kier molecular flexibility index (Phi) is 3.92. The van der Waals surface area contributed by atoms with Crippen molar-refractivity contribution in [3.05, 3.63) is 29.8 Å². The molecule has 0 bridgehead atoms. The van der Waals surface area contributed by atoms with Gasteiger partial charge in [-0.25, -0.2) is 4.79 Å². The Balaban J connectivity index is 1.73. The van der Waals surface area contributed by atoms with Crippen molar-refractivity contribution >= 4 is 17.5 Å². The number of Topliss-reactive ketones (excluding diaryl/α,β-unsaturated/α-hetero) is 1. The van der Waals surface area contributed by atoms with Gasteiger partial charge in [0, 0.05) is 12.2 Å². The number of urea groups is 1. The fourth-order valence-corrected chi connectivity index (χ4v) is 3.14. The van der Waals surface area contributed by atoms with Crippen LogP contribution >= 0.6 is 0 Å². The van der Waals surface area contributed by atoms with E-state index < -0.39 is 6.04 Å². The van der Waals surface area contributed by atoms with Gasteiger partial charge >= 0.3 is 6.03 Å². The standard InChI is InChI=1S/C16H20N2O3/c1-2-5-11-6-3-4-7-12(11)17-16(20)18-9-8-14-15(18)13(19)10-21-14/h3-4,6-7,14-15H,2,5,8-10H2,1H3,(H,17,20)/t14-,15-/m1/s1. The SMILES string of the molecule is CCCc1ccccc1NC(=O)N1CC[C@H]2OCC(=O)[C@H]21. The highest BCUT2D eigenvalue weighted by Gasteiger charge is 2.46. The van der Waals surface area contributed by atoms with Crippen molar-refractivity contribution in [2.45, 2.75) is 38.3 Å². The number of carbonyl (C=O) groups is 2. The zero-order chi connectivity index (χ0) is 14.8. The highest BCUT2D eigenvalue weighted by molar-refractivity contribution is 5.96. The van der Waals surface area contributed by atoms with Gasteiger partial charge in [0.25, 0.3) is 0 Å². The molecule has 2 amide bonds. The van der Waals surface area contributed by atoms with Gasteiger partial charge in [-0.1, -0.05) is 31.5 Å². The van der Waals surface area contributed by atoms with Gasteiger partial charge in [0.2, 0.25) is 0 Å². The van der Waals surface area contributed by atoms with Crippen LogP contribution in [-0.2, 0) is 16.0 Å². The minimum Gasteiger partial charge on any atom is -0.368 e. The van der Waals surface area contributed by atoms with Crippen LogP contribution in [0.1, 0.15) is 25.3 Å². The third-order valence-electron chi connectivity index (χ3n) is 4.15. The van der Waals surface area contributed by atoms with E-state index >= 15 is 0 Å². The summed E-state index contributed by atoms with van der Waals surface area (Å²) in [5, 5.41) is 2.95. The number of rotatable bonds is 3. The Labute approximate surface area is 124 Å². The molecule has 0 radical (unpaired) electrons. The normalized spacial score (nSPS) is 24.2. The molecule has 2 aliphatic heterocycles. The Morgan fingerprint density at radius 2 is 2.24 bits per heavy atom. The first-order valence-electron chi connectivity index (χ1n) is 7.50. The molecule has 0 aromatic heterocycles. The van der Waals surface area contributed by atoms with Crippen LogP contribution in [0.25, 0.3) is 0 Å². The smallest absolute Gasteiger partial charge is 0.322 e. The molecule has 5 heteroatoms. The molecular weight excluding hydrogens is 268 g/mol. The number of aryl methyl sites for hydroxylation is 1. The number of anilines is 1. The number of carbonyl (C=O) groups excluding carboxylic acids is 2. The van der Waals surface area contributed by atoms with Crippen LogP contribution in [0.4, 0.5) is 10.5 Å². The average molecular weight is 288 g/mol. The molecule has 0 spiro atoms. The number of fused-ring (bicyclic) bond motifs is 1. The van der Waals surface area contributed by atoms with Gasteiger partial charge in [0.1, 0.15) is 12.6 Å². The van der Waals surface area contributed by atoms with Crippen LogP contribution < -0.4 is 5.32 Å². The molecule has 112 valence electrons. The molecule has 1 aromatic rings. The largest absolute Gasteiger partial charge is 0.368 e. The first-order chi connectivity index (χ1) is 10.2. The molecule has 21 heavy (non-hydrogen) atoms. The van der Waals surface area contributed by atoms with Crippen molar-refractivity contribution in [2.75, 3.05) is 18.5 Å². The quantitative estimate of drug-likeness (QED) is 0.927. The van der Waals surface area contributed by atoms with Crippen molar-refractivity contribution < 1.29 is 14.3 Å². The molecule has 2 heterocycles. The first-order valence-corrected chi connectivity index (χ1v) is 7.50. The van der Waals surface area contributed by atoms with E-state index in [-0.39, 0.29) is 24.5 Å². The summed E-state index contributed by atoms with van der Waals surface area (Å²) in [6, 6.07) is 7.21. The Morgan fingerprint density at radius 1 is 1.43 bits per heavy atom. The van der Waals surface area contributed by atoms with Gasteiger partial charge in [0.15, 0.2) is 5.78 Å². The summed E-state index contributed by atoms with van der Waals surface area (Å²) < 4.78 is 5.41. The van der Waals surface area contributed by atoms with Crippen LogP contribution in [0.3, 0.4) is 0 Å². The molecule has 3 rings (SSSR count). The first kappa shape index (κ1) is 14.1. The second kappa shape index (κ2) is 5.85. The van der Waals surface area contributed by atoms with Crippen LogP contribution in [0.5, 0.6) is 0 Å². The summed E-state index contributed by atoms with van der Waals surface area (Å²) in [6.45, 7) is 2.81. The van der Waals surface area contributed by atoms with E-state index in [4.69, 9.17) is 4.74 Å². The number of hydrogen-bond acceptors (Lipinski definition) is 3. The lowest BCUT2D eigenvalue weighted by molar-refractivity contribution is -0.120. The highest BCUT2D eigenvalue weighted by atomic mass is 16.5. The second-order valence-electron chi connectivity index (χ2n) is 5.58. The Bertz CT molecular complexity index is 558. The molecule has 0 unspecified atom stereocenters.